The molecule has 6 heteroatoms. The quantitative estimate of drug-likeness (QED) is 0.921. The summed E-state index contributed by atoms with van der Waals surface area (Å²) < 4.78 is 5.28. The lowest BCUT2D eigenvalue weighted by atomic mass is 9.84. The van der Waals surface area contributed by atoms with Crippen LogP contribution in [0.2, 0.25) is 0 Å². The molecule has 0 unspecified atom stereocenters. The van der Waals surface area contributed by atoms with Gasteiger partial charge in [0.25, 0.3) is 5.91 Å². The molecule has 1 saturated heterocycles. The minimum absolute atomic E-state index is 0.0453. The highest BCUT2D eigenvalue weighted by molar-refractivity contribution is 5.97. The molecule has 2 aliphatic rings. The molecule has 1 amide bonds. The number of aromatic nitrogens is 1. The Morgan fingerprint density at radius 3 is 2.78 bits per heavy atom. The van der Waals surface area contributed by atoms with Gasteiger partial charge >= 0.3 is 5.97 Å². The number of carbonyl (C=O) groups excluding carboxylic acids is 1. The summed E-state index contributed by atoms with van der Waals surface area (Å²) >= 11 is 0. The highest BCUT2D eigenvalue weighted by atomic mass is 16.5. The third-order valence-corrected chi connectivity index (χ3v) is 4.88. The second kappa shape index (κ2) is 6.56. The SMILES string of the molecule is CCOc1ccc(C(=O)N2[C@@H]3CCCC[C@@H]3C[C@H]2C(=O)O)cn1. The summed E-state index contributed by atoms with van der Waals surface area (Å²) in [6.07, 6.45) is 6.13. The minimum atomic E-state index is -0.911. The Kier molecular flexibility index (Phi) is 4.50. The Hall–Kier alpha value is -2.11. The van der Waals surface area contributed by atoms with Crippen molar-refractivity contribution in [3.8, 4) is 5.88 Å². The second-order valence-corrected chi connectivity index (χ2v) is 6.23. The van der Waals surface area contributed by atoms with Crippen LogP contribution in [0.25, 0.3) is 0 Å². The van der Waals surface area contributed by atoms with Crippen molar-refractivity contribution in [1.29, 1.82) is 0 Å². The molecule has 0 bridgehead atoms. The smallest absolute Gasteiger partial charge is 0.326 e. The molecule has 6 nitrogen and oxygen atoms in total. The molecule has 1 N–H and O–H groups in total. The summed E-state index contributed by atoms with van der Waals surface area (Å²) in [6, 6.07) is 2.64. The molecular formula is C17H22N2O4. The largest absolute Gasteiger partial charge is 0.480 e. The number of carboxylic acid groups (broad SMARTS) is 1. The molecule has 23 heavy (non-hydrogen) atoms. The zero-order valence-corrected chi connectivity index (χ0v) is 13.3. The van der Waals surface area contributed by atoms with Gasteiger partial charge in [-0.2, -0.15) is 0 Å². The number of aliphatic carboxylic acids is 1. The fourth-order valence-corrected chi connectivity index (χ4v) is 3.86. The van der Waals surface area contributed by atoms with Gasteiger partial charge in [0.2, 0.25) is 5.88 Å². The molecule has 1 saturated carbocycles. The predicted molar refractivity (Wildman–Crippen MR) is 83.4 cm³/mol. The number of nitrogens with zero attached hydrogens (tertiary/aromatic N) is 2. The van der Waals surface area contributed by atoms with Crippen LogP contribution in [0.1, 0.15) is 49.4 Å². The molecule has 2 fully saturated rings. The first-order valence-corrected chi connectivity index (χ1v) is 8.26. The number of fused-ring (bicyclic) bond motifs is 1. The zero-order valence-electron chi connectivity index (χ0n) is 13.3. The third kappa shape index (κ3) is 3.02. The number of rotatable bonds is 4. The number of likely N-dealkylation sites (tertiary alicyclic amines) is 1. The monoisotopic (exact) mass is 318 g/mol. The molecule has 1 aliphatic heterocycles. The summed E-state index contributed by atoms with van der Waals surface area (Å²) in [7, 11) is 0. The molecule has 124 valence electrons. The normalized spacial score (nSPS) is 26.7. The summed E-state index contributed by atoms with van der Waals surface area (Å²) in [4.78, 5) is 30.2. The number of carboxylic acids is 1. The van der Waals surface area contributed by atoms with Crippen molar-refractivity contribution in [2.24, 2.45) is 5.92 Å². The van der Waals surface area contributed by atoms with E-state index in [1.165, 1.54) is 6.20 Å². The van der Waals surface area contributed by atoms with Crippen LogP contribution in [-0.4, -0.2) is 45.6 Å². The Labute approximate surface area is 135 Å². The standard InChI is InChI=1S/C17H22N2O4/c1-2-23-15-8-7-12(10-18-15)16(20)19-13-6-4-3-5-11(13)9-14(19)17(21)22/h7-8,10-11,13-14H,2-6,9H2,1H3,(H,21,22)/t11-,13-,14+/m1/s1. The lowest BCUT2D eigenvalue weighted by Crippen LogP contribution is -2.46. The van der Waals surface area contributed by atoms with Gasteiger partial charge in [-0.3, -0.25) is 4.79 Å². The van der Waals surface area contributed by atoms with Crippen LogP contribution in [0.5, 0.6) is 5.88 Å². The predicted octanol–water partition coefficient (Wildman–Crippen LogP) is 2.34. The van der Waals surface area contributed by atoms with E-state index in [2.05, 4.69) is 4.98 Å². The van der Waals surface area contributed by atoms with E-state index in [0.717, 1.165) is 25.7 Å². The van der Waals surface area contributed by atoms with Gasteiger partial charge in [0, 0.05) is 18.3 Å². The average molecular weight is 318 g/mol. The van der Waals surface area contributed by atoms with Gasteiger partial charge in [0.1, 0.15) is 6.04 Å². The Balaban J connectivity index is 1.84. The Morgan fingerprint density at radius 2 is 2.13 bits per heavy atom. The highest BCUT2D eigenvalue weighted by Gasteiger charge is 2.47. The minimum Gasteiger partial charge on any atom is -0.480 e. The van der Waals surface area contributed by atoms with Gasteiger partial charge in [0.05, 0.1) is 12.2 Å². The Bertz CT molecular complexity index is 587. The van der Waals surface area contributed by atoms with Crippen molar-refractivity contribution < 1.29 is 19.4 Å². The van der Waals surface area contributed by atoms with Gasteiger partial charge in [-0.1, -0.05) is 12.8 Å². The molecule has 0 spiro atoms. The van der Waals surface area contributed by atoms with Crippen molar-refractivity contribution >= 4 is 11.9 Å². The number of hydrogen-bond acceptors (Lipinski definition) is 4. The van der Waals surface area contributed by atoms with Crippen LogP contribution in [0.4, 0.5) is 0 Å². The van der Waals surface area contributed by atoms with Crippen LogP contribution < -0.4 is 4.74 Å². The van der Waals surface area contributed by atoms with Crippen molar-refractivity contribution in [2.75, 3.05) is 6.61 Å². The molecule has 3 rings (SSSR count). The topological polar surface area (TPSA) is 79.7 Å². The lowest BCUT2D eigenvalue weighted by Gasteiger charge is -2.33. The second-order valence-electron chi connectivity index (χ2n) is 6.23. The first kappa shape index (κ1) is 15.8. The maximum absolute atomic E-state index is 12.9. The number of ether oxygens (including phenoxy) is 1. The van der Waals surface area contributed by atoms with E-state index in [9.17, 15) is 14.7 Å². The molecule has 0 radical (unpaired) electrons. The van der Waals surface area contributed by atoms with E-state index in [4.69, 9.17) is 4.74 Å². The maximum atomic E-state index is 12.9. The van der Waals surface area contributed by atoms with Crippen LogP contribution in [-0.2, 0) is 4.79 Å². The zero-order chi connectivity index (χ0) is 16.4. The number of amides is 1. The molecule has 0 aromatic carbocycles. The van der Waals surface area contributed by atoms with E-state index in [-0.39, 0.29) is 11.9 Å². The van der Waals surface area contributed by atoms with Crippen LogP contribution in [0.3, 0.4) is 0 Å². The number of pyridine rings is 1. The van der Waals surface area contributed by atoms with Crippen molar-refractivity contribution in [3.63, 3.8) is 0 Å². The van der Waals surface area contributed by atoms with E-state index in [0.29, 0.717) is 30.4 Å². The average Bonchev–Trinajstić information content (AvgIpc) is 2.95. The summed E-state index contributed by atoms with van der Waals surface area (Å²) in [5, 5.41) is 9.51. The van der Waals surface area contributed by atoms with Gasteiger partial charge in [-0.15, -0.1) is 0 Å². The van der Waals surface area contributed by atoms with Crippen LogP contribution in [0, 0.1) is 5.92 Å². The van der Waals surface area contributed by atoms with E-state index < -0.39 is 12.0 Å². The molecule has 1 aromatic rings. The Morgan fingerprint density at radius 1 is 1.35 bits per heavy atom. The maximum Gasteiger partial charge on any atom is 0.326 e. The molecule has 2 heterocycles. The third-order valence-electron chi connectivity index (χ3n) is 4.88. The molecule has 1 aliphatic carbocycles. The summed E-state index contributed by atoms with van der Waals surface area (Å²) in [5.41, 5.74) is 0.422. The van der Waals surface area contributed by atoms with Crippen molar-refractivity contribution in [1.82, 2.24) is 9.88 Å². The highest BCUT2D eigenvalue weighted by Crippen LogP contribution is 2.40. The van der Waals surface area contributed by atoms with Gasteiger partial charge < -0.3 is 14.7 Å². The van der Waals surface area contributed by atoms with Gasteiger partial charge in [0.15, 0.2) is 0 Å². The van der Waals surface area contributed by atoms with Crippen LogP contribution >= 0.6 is 0 Å². The van der Waals surface area contributed by atoms with Gasteiger partial charge in [-0.25, -0.2) is 9.78 Å². The first-order chi connectivity index (χ1) is 11.1. The van der Waals surface area contributed by atoms with Crippen LogP contribution in [0.15, 0.2) is 18.3 Å². The number of carbonyl (C=O) groups is 2. The summed E-state index contributed by atoms with van der Waals surface area (Å²) in [6.45, 7) is 2.38. The fraction of sp³-hybridized carbons (Fsp3) is 0.588. The molecule has 1 aromatic heterocycles. The van der Waals surface area contributed by atoms with E-state index >= 15 is 0 Å². The van der Waals surface area contributed by atoms with Gasteiger partial charge in [-0.05, 0) is 38.2 Å². The summed E-state index contributed by atoms with van der Waals surface area (Å²) in [5.74, 6) is -0.366. The number of hydrogen-bond donors (Lipinski definition) is 1. The van der Waals surface area contributed by atoms with E-state index in [1.807, 2.05) is 6.92 Å². The fourth-order valence-electron chi connectivity index (χ4n) is 3.86. The lowest BCUT2D eigenvalue weighted by molar-refractivity contribution is -0.141. The van der Waals surface area contributed by atoms with Crippen molar-refractivity contribution in [3.05, 3.63) is 23.9 Å². The molecular weight excluding hydrogens is 296 g/mol. The van der Waals surface area contributed by atoms with Crippen molar-refractivity contribution in [2.45, 2.75) is 51.1 Å². The molecule has 3 atom stereocenters. The van der Waals surface area contributed by atoms with E-state index in [1.54, 1.807) is 17.0 Å². The first-order valence-electron chi connectivity index (χ1n) is 8.26.